The molecule has 0 heterocycles. The van der Waals surface area contributed by atoms with Crippen molar-refractivity contribution in [1.82, 2.24) is 0 Å². The number of ether oxygens (including phenoxy) is 1. The van der Waals surface area contributed by atoms with E-state index in [4.69, 9.17) is 16.3 Å². The minimum Gasteiger partial charge on any atom is -0.372 e. The van der Waals surface area contributed by atoms with Gasteiger partial charge >= 0.3 is 0 Å². The van der Waals surface area contributed by atoms with Crippen LogP contribution >= 0.6 is 11.6 Å². The number of aryl methyl sites for hydroxylation is 1. The predicted octanol–water partition coefficient (Wildman–Crippen LogP) is 2.44. The van der Waals surface area contributed by atoms with Gasteiger partial charge in [0.15, 0.2) is 0 Å². The van der Waals surface area contributed by atoms with Gasteiger partial charge in [-0.1, -0.05) is 12.1 Å². The van der Waals surface area contributed by atoms with E-state index in [1.807, 2.05) is 31.2 Å². The van der Waals surface area contributed by atoms with Crippen molar-refractivity contribution in [3.8, 4) is 0 Å². The maximum absolute atomic E-state index is 11.3. The highest BCUT2D eigenvalue weighted by molar-refractivity contribution is 6.17. The lowest BCUT2D eigenvalue weighted by Gasteiger charge is -2.06. The fraction of sp³-hybridized carbons (Fsp3) is 0.417. The molecular formula is C12H16ClNO2. The molecule has 0 atom stereocenters. The summed E-state index contributed by atoms with van der Waals surface area (Å²) >= 11 is 5.63. The number of alkyl halides is 1. The second kappa shape index (κ2) is 7.25. The zero-order valence-electron chi connectivity index (χ0n) is 9.33. The van der Waals surface area contributed by atoms with E-state index >= 15 is 0 Å². The quantitative estimate of drug-likeness (QED) is 0.777. The van der Waals surface area contributed by atoms with Gasteiger partial charge in [0.2, 0.25) is 5.91 Å². The fourth-order valence-corrected chi connectivity index (χ4v) is 1.47. The van der Waals surface area contributed by atoms with E-state index < -0.39 is 0 Å². The number of rotatable bonds is 6. The Morgan fingerprint density at radius 3 is 2.62 bits per heavy atom. The van der Waals surface area contributed by atoms with Crippen LogP contribution < -0.4 is 5.32 Å². The molecular weight excluding hydrogens is 226 g/mol. The average molecular weight is 242 g/mol. The Morgan fingerprint density at radius 1 is 1.38 bits per heavy atom. The van der Waals surface area contributed by atoms with Crippen LogP contribution in [-0.2, 0) is 16.0 Å². The number of hydrogen-bond donors (Lipinski definition) is 1. The number of nitrogens with one attached hydrogen (secondary N) is 1. The molecule has 3 nitrogen and oxygen atoms in total. The molecule has 0 bridgehead atoms. The molecule has 0 radical (unpaired) electrons. The Labute approximate surface area is 101 Å². The molecule has 16 heavy (non-hydrogen) atoms. The van der Waals surface area contributed by atoms with Crippen LogP contribution in [-0.4, -0.2) is 25.0 Å². The van der Waals surface area contributed by atoms with Crippen LogP contribution in [0.2, 0.25) is 0 Å². The first-order chi connectivity index (χ1) is 7.76. The van der Waals surface area contributed by atoms with E-state index in [9.17, 15) is 4.79 Å². The van der Waals surface area contributed by atoms with E-state index in [1.54, 1.807) is 0 Å². The highest BCUT2D eigenvalue weighted by Crippen LogP contribution is 2.10. The van der Waals surface area contributed by atoms with E-state index in [-0.39, 0.29) is 12.5 Å². The SMILES string of the molecule is CCOCC(=O)Nc1ccc(CCCl)cc1. The van der Waals surface area contributed by atoms with Gasteiger partial charge < -0.3 is 10.1 Å². The first-order valence-electron chi connectivity index (χ1n) is 5.28. The van der Waals surface area contributed by atoms with Gasteiger partial charge in [0.05, 0.1) is 0 Å². The van der Waals surface area contributed by atoms with Gasteiger partial charge in [-0.15, -0.1) is 11.6 Å². The number of carbonyl (C=O) groups excluding carboxylic acids is 1. The highest BCUT2D eigenvalue weighted by atomic mass is 35.5. The summed E-state index contributed by atoms with van der Waals surface area (Å²) in [5.41, 5.74) is 1.95. The Hall–Kier alpha value is -1.06. The number of hydrogen-bond acceptors (Lipinski definition) is 2. The molecule has 0 fully saturated rings. The summed E-state index contributed by atoms with van der Waals surface area (Å²) in [4.78, 5) is 11.3. The number of halogens is 1. The van der Waals surface area contributed by atoms with Gasteiger partial charge in [0.25, 0.3) is 0 Å². The monoisotopic (exact) mass is 241 g/mol. The summed E-state index contributed by atoms with van der Waals surface area (Å²) in [6.45, 7) is 2.50. The highest BCUT2D eigenvalue weighted by Gasteiger charge is 2.01. The zero-order chi connectivity index (χ0) is 11.8. The summed E-state index contributed by atoms with van der Waals surface area (Å²) < 4.78 is 5.00. The molecule has 0 aromatic heterocycles. The van der Waals surface area contributed by atoms with Crippen LogP contribution in [0, 0.1) is 0 Å². The Morgan fingerprint density at radius 2 is 2.06 bits per heavy atom. The first-order valence-corrected chi connectivity index (χ1v) is 5.82. The molecule has 88 valence electrons. The Kier molecular flexibility index (Phi) is 5.90. The molecule has 0 unspecified atom stereocenters. The maximum Gasteiger partial charge on any atom is 0.250 e. The second-order valence-electron chi connectivity index (χ2n) is 3.32. The molecule has 1 rings (SSSR count). The van der Waals surface area contributed by atoms with Gasteiger partial charge in [-0.25, -0.2) is 0 Å². The van der Waals surface area contributed by atoms with E-state index in [0.717, 1.165) is 17.7 Å². The third kappa shape index (κ3) is 4.64. The number of amides is 1. The summed E-state index contributed by atoms with van der Waals surface area (Å²) in [5.74, 6) is 0.475. The van der Waals surface area contributed by atoms with Crippen molar-refractivity contribution in [3.05, 3.63) is 29.8 Å². The van der Waals surface area contributed by atoms with Crippen LogP contribution in [0.3, 0.4) is 0 Å². The van der Waals surface area contributed by atoms with Gasteiger partial charge in [-0.05, 0) is 31.0 Å². The van der Waals surface area contributed by atoms with Crippen molar-refractivity contribution >= 4 is 23.2 Å². The smallest absolute Gasteiger partial charge is 0.250 e. The van der Waals surface area contributed by atoms with Crippen molar-refractivity contribution in [3.63, 3.8) is 0 Å². The summed E-state index contributed by atoms with van der Waals surface area (Å²) in [6.07, 6.45) is 0.842. The first kappa shape index (κ1) is 13.0. The number of anilines is 1. The standard InChI is InChI=1S/C12H16ClNO2/c1-2-16-9-12(15)14-11-5-3-10(4-6-11)7-8-13/h3-6H,2,7-9H2,1H3,(H,14,15). The second-order valence-corrected chi connectivity index (χ2v) is 3.70. The largest absolute Gasteiger partial charge is 0.372 e. The third-order valence-corrected chi connectivity index (χ3v) is 2.25. The lowest BCUT2D eigenvalue weighted by Crippen LogP contribution is -2.18. The van der Waals surface area contributed by atoms with E-state index in [0.29, 0.717) is 12.5 Å². The summed E-state index contributed by atoms with van der Waals surface area (Å²) in [7, 11) is 0. The molecule has 0 saturated heterocycles. The van der Waals surface area contributed by atoms with Crippen molar-refractivity contribution in [1.29, 1.82) is 0 Å². The Balaban J connectivity index is 2.45. The molecule has 0 aliphatic carbocycles. The fourth-order valence-electron chi connectivity index (χ4n) is 1.26. The molecule has 1 aromatic carbocycles. The van der Waals surface area contributed by atoms with Gasteiger partial charge in [0, 0.05) is 18.2 Å². The lowest BCUT2D eigenvalue weighted by molar-refractivity contribution is -0.120. The molecule has 0 aliphatic heterocycles. The zero-order valence-corrected chi connectivity index (χ0v) is 10.1. The molecule has 1 amide bonds. The van der Waals surface area contributed by atoms with E-state index in [1.165, 1.54) is 0 Å². The van der Waals surface area contributed by atoms with Crippen LogP contribution in [0.1, 0.15) is 12.5 Å². The average Bonchev–Trinajstić information content (AvgIpc) is 2.29. The number of benzene rings is 1. The van der Waals surface area contributed by atoms with Gasteiger partial charge in [-0.2, -0.15) is 0 Å². The van der Waals surface area contributed by atoms with Crippen LogP contribution in [0.5, 0.6) is 0 Å². The predicted molar refractivity (Wildman–Crippen MR) is 66.0 cm³/mol. The van der Waals surface area contributed by atoms with Gasteiger partial charge in [0.1, 0.15) is 6.61 Å². The molecule has 0 aliphatic rings. The van der Waals surface area contributed by atoms with Crippen molar-refractivity contribution in [2.24, 2.45) is 0 Å². The Bertz CT molecular complexity index is 324. The van der Waals surface area contributed by atoms with Gasteiger partial charge in [-0.3, -0.25) is 4.79 Å². The maximum atomic E-state index is 11.3. The van der Waals surface area contributed by atoms with Crippen LogP contribution in [0.4, 0.5) is 5.69 Å². The normalized spacial score (nSPS) is 10.1. The molecule has 1 N–H and O–H groups in total. The molecule has 0 saturated carbocycles. The molecule has 1 aromatic rings. The molecule has 0 spiro atoms. The topological polar surface area (TPSA) is 38.3 Å². The van der Waals surface area contributed by atoms with Crippen molar-refractivity contribution < 1.29 is 9.53 Å². The third-order valence-electron chi connectivity index (χ3n) is 2.06. The van der Waals surface area contributed by atoms with Crippen molar-refractivity contribution in [2.75, 3.05) is 24.4 Å². The summed E-state index contributed by atoms with van der Waals surface area (Å²) in [5, 5.41) is 2.75. The summed E-state index contributed by atoms with van der Waals surface area (Å²) in [6, 6.07) is 7.65. The minimum atomic E-state index is -0.132. The van der Waals surface area contributed by atoms with Crippen LogP contribution in [0.15, 0.2) is 24.3 Å². The van der Waals surface area contributed by atoms with Crippen LogP contribution in [0.25, 0.3) is 0 Å². The van der Waals surface area contributed by atoms with E-state index in [2.05, 4.69) is 5.32 Å². The number of carbonyl (C=O) groups is 1. The lowest BCUT2D eigenvalue weighted by atomic mass is 10.1. The minimum absolute atomic E-state index is 0.0972. The van der Waals surface area contributed by atoms with Crippen molar-refractivity contribution in [2.45, 2.75) is 13.3 Å². The molecule has 4 heteroatoms.